The zero-order valence-corrected chi connectivity index (χ0v) is 8.66. The van der Waals surface area contributed by atoms with Gasteiger partial charge in [0.1, 0.15) is 0 Å². The van der Waals surface area contributed by atoms with Crippen molar-refractivity contribution in [3.63, 3.8) is 0 Å². The van der Waals surface area contributed by atoms with E-state index in [1.54, 1.807) is 0 Å². The van der Waals surface area contributed by atoms with Crippen LogP contribution in [-0.2, 0) is 47.9 Å². The van der Waals surface area contributed by atoms with Gasteiger partial charge in [0.2, 0.25) is 0 Å². The summed E-state index contributed by atoms with van der Waals surface area (Å²) < 4.78 is 0. The molecule has 0 heterocycles. The standard InChI is InChI=1S/Ce.H4Si.Ti.Zr/h;1H4;;. The summed E-state index contributed by atoms with van der Waals surface area (Å²) in [6.07, 6.45) is 0. The van der Waals surface area contributed by atoms with Crippen molar-refractivity contribution < 1.29 is 89.7 Å². The van der Waals surface area contributed by atoms with Gasteiger partial charge in [0, 0.05) is 89.7 Å². The van der Waals surface area contributed by atoms with Crippen molar-refractivity contribution in [1.82, 2.24) is 0 Å². The summed E-state index contributed by atoms with van der Waals surface area (Å²) in [6, 6.07) is 0. The molecular formula is H4CeSiTiZr. The van der Waals surface area contributed by atoms with E-state index >= 15 is 0 Å². The van der Waals surface area contributed by atoms with Crippen LogP contribution in [0.15, 0.2) is 0 Å². The second-order valence-electron chi connectivity index (χ2n) is 0. The minimum absolute atomic E-state index is 0. The van der Waals surface area contributed by atoms with Crippen molar-refractivity contribution in [2.45, 2.75) is 0 Å². The molecule has 0 aromatic heterocycles. The Kier molecular flexibility index (Phi) is 111. The fourth-order valence-electron chi connectivity index (χ4n) is 0. The van der Waals surface area contributed by atoms with Crippen molar-refractivity contribution in [2.75, 3.05) is 0 Å². The molecule has 0 aliphatic heterocycles. The summed E-state index contributed by atoms with van der Waals surface area (Å²) in [5.41, 5.74) is 0. The SMILES string of the molecule is [Ce].[SiH4].[Ti].[Zr]. The first-order valence-electron chi connectivity index (χ1n) is 0. The van der Waals surface area contributed by atoms with Crippen LogP contribution in [0.3, 0.4) is 0 Å². The fraction of sp³-hybridized carbons (Fsp3) is 0. The summed E-state index contributed by atoms with van der Waals surface area (Å²) in [6.45, 7) is 0. The van der Waals surface area contributed by atoms with E-state index in [2.05, 4.69) is 0 Å². The van der Waals surface area contributed by atoms with Gasteiger partial charge in [-0.05, 0) is 11.0 Å². The second-order valence-corrected chi connectivity index (χ2v) is 0. The number of rotatable bonds is 0. The van der Waals surface area contributed by atoms with E-state index < -0.39 is 0 Å². The summed E-state index contributed by atoms with van der Waals surface area (Å²) in [7, 11) is 0. The normalized spacial score (nSPS) is 0. The van der Waals surface area contributed by atoms with E-state index in [-0.39, 0.29) is 101 Å². The molecule has 4 heteroatoms. The van der Waals surface area contributed by atoms with Gasteiger partial charge in [-0.3, -0.25) is 0 Å². The van der Waals surface area contributed by atoms with Crippen LogP contribution in [0.4, 0.5) is 0 Å². The van der Waals surface area contributed by atoms with Crippen LogP contribution >= 0.6 is 0 Å². The molecule has 20 valence electrons. The van der Waals surface area contributed by atoms with E-state index in [0.717, 1.165) is 0 Å². The van der Waals surface area contributed by atoms with Gasteiger partial charge in [0.25, 0.3) is 0 Å². The molecule has 0 saturated heterocycles. The third-order valence-corrected chi connectivity index (χ3v) is 0. The molecule has 0 saturated carbocycles. The minimum atomic E-state index is 0. The van der Waals surface area contributed by atoms with Gasteiger partial charge in [-0.2, -0.15) is 0 Å². The van der Waals surface area contributed by atoms with Crippen LogP contribution in [-0.4, -0.2) is 11.0 Å². The van der Waals surface area contributed by atoms with Crippen LogP contribution in [0.25, 0.3) is 0 Å². The molecule has 0 N–H and O–H groups in total. The predicted molar refractivity (Wildman–Crippen MR) is 11.3 cm³/mol. The van der Waals surface area contributed by atoms with E-state index in [9.17, 15) is 0 Å². The van der Waals surface area contributed by atoms with Crippen molar-refractivity contribution in [3.05, 3.63) is 0 Å². The molecule has 4 heavy (non-hydrogen) atoms. The topological polar surface area (TPSA) is 0 Å². The van der Waals surface area contributed by atoms with Gasteiger partial charge in [-0.1, -0.05) is 0 Å². The molecule has 0 radical (unpaired) electrons. The quantitative estimate of drug-likeness (QED) is 0.480. The minimum Gasteiger partial charge on any atom is -0.0149 e. The smallest absolute Gasteiger partial charge is 0 e. The fourth-order valence-corrected chi connectivity index (χ4v) is 0. The van der Waals surface area contributed by atoms with Crippen LogP contribution in [0.1, 0.15) is 0 Å². The molecule has 0 spiro atoms. The van der Waals surface area contributed by atoms with Gasteiger partial charge in [0.15, 0.2) is 0 Å². The van der Waals surface area contributed by atoms with E-state index in [4.69, 9.17) is 0 Å². The Morgan fingerprint density at radius 2 is 1.00 bits per heavy atom. The molecule has 0 aromatic rings. The first-order chi connectivity index (χ1) is 0. The first kappa shape index (κ1) is 27.1. The largest absolute Gasteiger partial charge is 0.0149 e. The van der Waals surface area contributed by atoms with Crippen LogP contribution in [0.2, 0.25) is 0 Å². The van der Waals surface area contributed by atoms with E-state index in [1.807, 2.05) is 0 Å². The van der Waals surface area contributed by atoms with Gasteiger partial charge < -0.3 is 0 Å². The van der Waals surface area contributed by atoms with Crippen LogP contribution < -0.4 is 0 Å². The maximum Gasteiger partial charge on any atom is 0 e. The third kappa shape index (κ3) is 8.95. The van der Waals surface area contributed by atoms with Crippen molar-refractivity contribution >= 4 is 11.0 Å². The van der Waals surface area contributed by atoms with Gasteiger partial charge in [0.05, 0.1) is 0 Å². The van der Waals surface area contributed by atoms with E-state index in [1.165, 1.54) is 0 Å². The summed E-state index contributed by atoms with van der Waals surface area (Å²) in [4.78, 5) is 0. The van der Waals surface area contributed by atoms with Gasteiger partial charge >= 0.3 is 0 Å². The molecule has 0 fully saturated rings. The van der Waals surface area contributed by atoms with Gasteiger partial charge in [-0.15, -0.1) is 0 Å². The Balaban J connectivity index is 0. The molecule has 0 amide bonds. The second kappa shape index (κ2) is 16.4. The molecular weight excluding hydrogens is 307 g/mol. The summed E-state index contributed by atoms with van der Waals surface area (Å²) in [5.74, 6) is 0. The Bertz CT molecular complexity index is 8.00. The Hall–Kier alpha value is 3.19. The molecule has 0 unspecified atom stereocenters. The molecule has 0 aliphatic rings. The summed E-state index contributed by atoms with van der Waals surface area (Å²) >= 11 is 0. The van der Waals surface area contributed by atoms with Crippen LogP contribution in [0, 0.1) is 41.7 Å². The van der Waals surface area contributed by atoms with Crippen LogP contribution in [0.5, 0.6) is 0 Å². The molecule has 0 aliphatic carbocycles. The van der Waals surface area contributed by atoms with Crippen molar-refractivity contribution in [2.24, 2.45) is 0 Å². The molecule has 0 rings (SSSR count). The zero-order chi connectivity index (χ0) is 0. The van der Waals surface area contributed by atoms with E-state index in [0.29, 0.717) is 0 Å². The zero-order valence-electron chi connectivity index (χ0n) is 1.50. The summed E-state index contributed by atoms with van der Waals surface area (Å²) in [5, 5.41) is 0. The molecule has 0 atom stereocenters. The molecule has 0 aromatic carbocycles. The predicted octanol–water partition coefficient (Wildman–Crippen LogP) is -1.46. The number of hydrogen-bond acceptors (Lipinski definition) is 0. The average Bonchev–Trinajstić information content (AvgIpc) is 0. The van der Waals surface area contributed by atoms with Gasteiger partial charge in [-0.25, -0.2) is 0 Å². The third-order valence-electron chi connectivity index (χ3n) is 0. The molecule has 0 bridgehead atoms. The Labute approximate surface area is 98.3 Å². The Morgan fingerprint density at radius 3 is 1.00 bits per heavy atom. The maximum atomic E-state index is 0. The maximum absolute atomic E-state index is 0. The van der Waals surface area contributed by atoms with Crippen molar-refractivity contribution in [1.29, 1.82) is 0 Å². The van der Waals surface area contributed by atoms with Crippen molar-refractivity contribution in [3.8, 4) is 0 Å². The number of hydrogen-bond donors (Lipinski definition) is 0. The average molecular weight is 311 g/mol. The monoisotopic (exact) mass is 310 g/mol. The Morgan fingerprint density at radius 1 is 1.00 bits per heavy atom. The molecule has 0 nitrogen and oxygen atoms in total. The first-order valence-corrected chi connectivity index (χ1v) is 0.